The van der Waals surface area contributed by atoms with Crippen molar-refractivity contribution in [3.8, 4) is 0 Å². The molecule has 2 heterocycles. The van der Waals surface area contributed by atoms with Gasteiger partial charge in [-0.15, -0.1) is 0 Å². The van der Waals surface area contributed by atoms with Gasteiger partial charge in [-0.25, -0.2) is 4.79 Å². The van der Waals surface area contributed by atoms with Gasteiger partial charge in [0.2, 0.25) is 0 Å². The number of hydrogen-bond acceptors (Lipinski definition) is 6. The van der Waals surface area contributed by atoms with Gasteiger partial charge in [-0.3, -0.25) is 0 Å². The molecule has 6 heteroatoms. The van der Waals surface area contributed by atoms with Crippen LogP contribution < -0.4 is 11.4 Å². The second-order valence-corrected chi connectivity index (χ2v) is 19.5. The van der Waals surface area contributed by atoms with E-state index >= 15 is 0 Å². The lowest BCUT2D eigenvalue weighted by atomic mass is 9.89. The van der Waals surface area contributed by atoms with E-state index < -0.39 is 0 Å². The lowest BCUT2D eigenvalue weighted by Gasteiger charge is -2.19. The van der Waals surface area contributed by atoms with Gasteiger partial charge in [0.1, 0.15) is 16.9 Å². The van der Waals surface area contributed by atoms with E-state index in [0.29, 0.717) is 28.4 Å². The summed E-state index contributed by atoms with van der Waals surface area (Å²) in [6.07, 6.45) is 10.4. The Balaban J connectivity index is 0.000000800. The Morgan fingerprint density at radius 1 is 0.830 bits per heavy atom. The van der Waals surface area contributed by atoms with Crippen LogP contribution in [0, 0.1) is 42.4 Å². The molecule has 6 nitrogen and oxygen atoms in total. The van der Waals surface area contributed by atoms with Crippen molar-refractivity contribution < 1.29 is 18.7 Å². The molecule has 1 atom stereocenters. The summed E-state index contributed by atoms with van der Waals surface area (Å²) in [6.45, 7) is 44.1. The van der Waals surface area contributed by atoms with Gasteiger partial charge in [0.15, 0.2) is 0 Å². The van der Waals surface area contributed by atoms with E-state index in [0.717, 1.165) is 96.1 Å². The van der Waals surface area contributed by atoms with Gasteiger partial charge in [0.25, 0.3) is 0 Å². The van der Waals surface area contributed by atoms with Crippen LogP contribution in [0.4, 0.5) is 0 Å². The predicted octanol–water partition coefficient (Wildman–Crippen LogP) is 13.3. The number of rotatable bonds is 12. The van der Waals surface area contributed by atoms with Gasteiger partial charge >= 0.3 is 5.63 Å². The van der Waals surface area contributed by atoms with E-state index in [2.05, 4.69) is 102 Å². The topological polar surface area (TPSA) is 98.8 Å². The third-order valence-electron chi connectivity index (χ3n) is 8.98. The van der Waals surface area contributed by atoms with Crippen molar-refractivity contribution in [2.45, 2.75) is 175 Å². The first-order valence-electron chi connectivity index (χ1n) is 19.9. The summed E-state index contributed by atoms with van der Waals surface area (Å²) >= 11 is 0. The Labute approximate surface area is 325 Å². The molecule has 0 radical (unpaired) electrons. The lowest BCUT2D eigenvalue weighted by molar-refractivity contribution is 0.0960. The maximum Gasteiger partial charge on any atom is 0.336 e. The molecule has 0 aliphatic carbocycles. The molecule has 0 aliphatic heterocycles. The van der Waals surface area contributed by atoms with Gasteiger partial charge in [-0.1, -0.05) is 115 Å². The number of aliphatic hydroxyl groups excluding tert-OH is 1. The molecule has 0 aliphatic rings. The van der Waals surface area contributed by atoms with Crippen LogP contribution in [-0.2, 0) is 11.3 Å². The number of furan rings is 1. The Morgan fingerprint density at radius 2 is 1.36 bits per heavy atom. The van der Waals surface area contributed by atoms with Gasteiger partial charge < -0.3 is 24.4 Å². The standard InChI is InChI=1S/C21H26O4.C10H18.C9H20O.C7H17N/c1-12-9-18(22)25-19-13(2)20-16(10-15(12)19)17(14(3)24-20)11-23-8-7-21(4,5)6;1-6-9(2)7-8-10(3,4)5;1-5-8(10)6-7-9(2,3)4;1-7(2,3)5-4-6-8/h9-10H,7-8,11H2,1-6H3;6H,1-2,7-8H2,3-5H3;8,10H,5-7H2,1-4H3;4-6,8H2,1-3H3. The molecule has 3 aromatic rings. The molecule has 2 aromatic heterocycles. The molecule has 1 aromatic carbocycles. The quantitative estimate of drug-likeness (QED) is 0.109. The van der Waals surface area contributed by atoms with Gasteiger partial charge in [0, 0.05) is 34.6 Å². The zero-order valence-corrected chi connectivity index (χ0v) is 37.2. The first-order chi connectivity index (χ1) is 24.1. The van der Waals surface area contributed by atoms with E-state index in [4.69, 9.17) is 19.3 Å². The number of aryl methyl sites for hydroxylation is 3. The summed E-state index contributed by atoms with van der Waals surface area (Å²) in [4.78, 5) is 11.7. The molecule has 3 rings (SSSR count). The fourth-order valence-electron chi connectivity index (χ4n) is 5.16. The van der Waals surface area contributed by atoms with Crippen molar-refractivity contribution in [1.29, 1.82) is 0 Å². The molecule has 0 fully saturated rings. The average Bonchev–Trinajstić information content (AvgIpc) is 3.34. The third kappa shape index (κ3) is 22.3. The van der Waals surface area contributed by atoms with Crippen molar-refractivity contribution in [2.24, 2.45) is 27.4 Å². The highest BCUT2D eigenvalue weighted by Crippen LogP contribution is 2.35. The molecule has 0 spiro atoms. The molecular formula is C47H81NO5. The van der Waals surface area contributed by atoms with Gasteiger partial charge in [-0.05, 0) is 112 Å². The van der Waals surface area contributed by atoms with Gasteiger partial charge in [0.05, 0.1) is 12.7 Å². The minimum absolute atomic E-state index is 0.0841. The number of fused-ring (bicyclic) bond motifs is 2. The van der Waals surface area contributed by atoms with Crippen molar-refractivity contribution in [1.82, 2.24) is 0 Å². The summed E-state index contributed by atoms with van der Waals surface area (Å²) in [7, 11) is 0. The maximum atomic E-state index is 11.7. The molecule has 3 N–H and O–H groups in total. The van der Waals surface area contributed by atoms with Crippen LogP contribution in [0.2, 0.25) is 0 Å². The van der Waals surface area contributed by atoms with E-state index in [1.54, 1.807) is 0 Å². The van der Waals surface area contributed by atoms with Crippen LogP contribution in [0.15, 0.2) is 50.6 Å². The van der Waals surface area contributed by atoms with Crippen LogP contribution >= 0.6 is 0 Å². The van der Waals surface area contributed by atoms with Crippen LogP contribution in [-0.4, -0.2) is 24.4 Å². The predicted molar refractivity (Wildman–Crippen MR) is 231 cm³/mol. The first-order valence-corrected chi connectivity index (χ1v) is 19.9. The molecule has 53 heavy (non-hydrogen) atoms. The molecule has 1 unspecified atom stereocenters. The summed E-state index contributed by atoms with van der Waals surface area (Å²) in [5.74, 6) is 0.851. The van der Waals surface area contributed by atoms with E-state index in [1.807, 2.05) is 33.8 Å². The molecular weight excluding hydrogens is 659 g/mol. The average molecular weight is 740 g/mol. The molecule has 0 bridgehead atoms. The van der Waals surface area contributed by atoms with Crippen LogP contribution in [0.1, 0.15) is 164 Å². The van der Waals surface area contributed by atoms with E-state index in [9.17, 15) is 9.90 Å². The first kappa shape index (κ1) is 50.3. The number of ether oxygens (including phenoxy) is 1. The van der Waals surface area contributed by atoms with E-state index in [1.165, 1.54) is 18.9 Å². The van der Waals surface area contributed by atoms with Crippen LogP contribution in [0.3, 0.4) is 0 Å². The molecule has 0 saturated heterocycles. The summed E-state index contributed by atoms with van der Waals surface area (Å²) < 4.78 is 17.3. The minimum Gasteiger partial charge on any atom is -0.461 e. The fourth-order valence-corrected chi connectivity index (χ4v) is 5.16. The summed E-state index contributed by atoms with van der Waals surface area (Å²) in [5.41, 5.74) is 11.9. The van der Waals surface area contributed by atoms with Crippen molar-refractivity contribution in [3.05, 3.63) is 69.8 Å². The Bertz CT molecular complexity index is 1580. The van der Waals surface area contributed by atoms with Gasteiger partial charge in [-0.2, -0.15) is 0 Å². The number of nitrogens with two attached hydrogens (primary N) is 1. The number of allylic oxidation sites excluding steroid dienone is 2. The Morgan fingerprint density at radius 3 is 1.81 bits per heavy atom. The summed E-state index contributed by atoms with van der Waals surface area (Å²) in [5, 5.41) is 11.2. The van der Waals surface area contributed by atoms with Crippen LogP contribution in [0.25, 0.3) is 21.9 Å². The highest BCUT2D eigenvalue weighted by Gasteiger charge is 2.19. The second kappa shape index (κ2) is 22.6. The second-order valence-electron chi connectivity index (χ2n) is 19.5. The maximum absolute atomic E-state index is 11.7. The monoisotopic (exact) mass is 740 g/mol. The SMILES string of the molecule is C=CC(=C)CCC(C)(C)C.CC(C)(C)CCCN.CCC(O)CCC(C)(C)C.Cc1oc2c(C)c3oc(=O)cc(C)c3cc2c1COCCC(C)(C)C. The number of benzene rings is 1. The Kier molecular flexibility index (Phi) is 21.5. The smallest absolute Gasteiger partial charge is 0.336 e. The fraction of sp³-hybridized carbons (Fsp3) is 0.681. The zero-order valence-electron chi connectivity index (χ0n) is 37.2. The van der Waals surface area contributed by atoms with Crippen molar-refractivity contribution in [2.75, 3.05) is 13.2 Å². The minimum atomic E-state index is -0.332. The van der Waals surface area contributed by atoms with Crippen molar-refractivity contribution >= 4 is 21.9 Å². The highest BCUT2D eigenvalue weighted by molar-refractivity contribution is 5.99. The third-order valence-corrected chi connectivity index (χ3v) is 8.98. The van der Waals surface area contributed by atoms with Crippen molar-refractivity contribution in [3.63, 3.8) is 0 Å². The largest absolute Gasteiger partial charge is 0.461 e. The van der Waals surface area contributed by atoms with Crippen LogP contribution in [0.5, 0.6) is 0 Å². The zero-order chi connectivity index (χ0) is 41.4. The number of aliphatic hydroxyl groups is 1. The molecule has 0 amide bonds. The molecule has 0 saturated carbocycles. The highest BCUT2D eigenvalue weighted by atomic mass is 16.5. The molecule has 304 valence electrons. The Hall–Kier alpha value is -2.67. The number of hydrogen-bond donors (Lipinski definition) is 2. The van der Waals surface area contributed by atoms with E-state index in [-0.39, 0.29) is 17.1 Å². The lowest BCUT2D eigenvalue weighted by Crippen LogP contribution is -2.11. The summed E-state index contributed by atoms with van der Waals surface area (Å²) in [6, 6.07) is 3.58. The normalized spacial score (nSPS) is 12.6.